The Labute approximate surface area is 49.5 Å². The minimum atomic E-state index is 0.743. The topological polar surface area (TPSA) is 21.3 Å². The van der Waals surface area contributed by atoms with Gasteiger partial charge in [0.25, 0.3) is 0 Å². The molecule has 0 amide bonds. The molecule has 0 saturated heterocycles. The van der Waals surface area contributed by atoms with Crippen LogP contribution in [0.2, 0.25) is 0 Å². The maximum atomic E-state index is 4.53. The SMILES string of the molecule is C=C(C)NOC#CC. The summed E-state index contributed by atoms with van der Waals surface area (Å²) in [5.74, 6) is 2.55. The predicted molar refractivity (Wildman–Crippen MR) is 32.5 cm³/mol. The number of rotatable bonds is 2. The van der Waals surface area contributed by atoms with Crippen molar-refractivity contribution in [3.63, 3.8) is 0 Å². The lowest BCUT2D eigenvalue weighted by molar-refractivity contribution is 0.190. The molecule has 0 heterocycles. The predicted octanol–water partition coefficient (Wildman–Crippen LogP) is 1.02. The van der Waals surface area contributed by atoms with E-state index in [0.29, 0.717) is 0 Å². The zero-order chi connectivity index (χ0) is 6.41. The molecule has 0 saturated carbocycles. The van der Waals surface area contributed by atoms with Crippen molar-refractivity contribution in [1.82, 2.24) is 5.48 Å². The number of hydrogen-bond acceptors (Lipinski definition) is 2. The third-order valence-corrected chi connectivity index (χ3v) is 0.378. The lowest BCUT2D eigenvalue weighted by atomic mass is 10.6. The van der Waals surface area contributed by atoms with Crippen LogP contribution in [-0.2, 0) is 4.84 Å². The van der Waals surface area contributed by atoms with Gasteiger partial charge in [-0.25, -0.2) is 5.48 Å². The molecule has 0 aliphatic rings. The van der Waals surface area contributed by atoms with E-state index >= 15 is 0 Å². The minimum Gasteiger partial charge on any atom is -0.329 e. The first-order valence-electron chi connectivity index (χ1n) is 2.26. The Hall–Kier alpha value is -1.10. The summed E-state index contributed by atoms with van der Waals surface area (Å²) in [5, 5.41) is 0. The molecule has 1 N–H and O–H groups in total. The van der Waals surface area contributed by atoms with Gasteiger partial charge < -0.3 is 4.84 Å². The Morgan fingerprint density at radius 3 is 2.75 bits per heavy atom. The van der Waals surface area contributed by atoms with E-state index in [0.717, 1.165) is 5.70 Å². The summed E-state index contributed by atoms with van der Waals surface area (Å²) in [7, 11) is 0. The van der Waals surface area contributed by atoms with Crippen LogP contribution in [-0.4, -0.2) is 0 Å². The zero-order valence-corrected chi connectivity index (χ0v) is 5.12. The summed E-state index contributed by atoms with van der Waals surface area (Å²) in [6.45, 7) is 7.01. The lowest BCUT2D eigenvalue weighted by Crippen LogP contribution is -2.05. The molecule has 0 aliphatic carbocycles. The van der Waals surface area contributed by atoms with Gasteiger partial charge in [0.2, 0.25) is 0 Å². The fourth-order valence-electron chi connectivity index (χ4n) is 0.164. The van der Waals surface area contributed by atoms with Crippen LogP contribution in [0.1, 0.15) is 13.8 Å². The van der Waals surface area contributed by atoms with Crippen molar-refractivity contribution in [2.75, 3.05) is 0 Å². The van der Waals surface area contributed by atoms with Gasteiger partial charge in [-0.05, 0) is 6.92 Å². The smallest absolute Gasteiger partial charge is 0.145 e. The molecule has 0 spiro atoms. The van der Waals surface area contributed by atoms with Gasteiger partial charge in [0, 0.05) is 12.6 Å². The summed E-state index contributed by atoms with van der Waals surface area (Å²) in [6.07, 6.45) is 2.36. The highest BCUT2D eigenvalue weighted by Gasteiger charge is 1.74. The van der Waals surface area contributed by atoms with Crippen LogP contribution in [0.4, 0.5) is 0 Å². The third-order valence-electron chi connectivity index (χ3n) is 0.378. The molecule has 0 aromatic heterocycles. The van der Waals surface area contributed by atoms with E-state index in [9.17, 15) is 0 Å². The summed E-state index contributed by atoms with van der Waals surface area (Å²) < 4.78 is 0. The molecule has 2 nitrogen and oxygen atoms in total. The second-order valence-electron chi connectivity index (χ2n) is 1.34. The van der Waals surface area contributed by atoms with Gasteiger partial charge in [-0.2, -0.15) is 0 Å². The van der Waals surface area contributed by atoms with Gasteiger partial charge in [-0.1, -0.05) is 12.5 Å². The highest BCUT2D eigenvalue weighted by atomic mass is 16.6. The molecule has 0 unspecified atom stereocenters. The van der Waals surface area contributed by atoms with Gasteiger partial charge in [0.05, 0.1) is 0 Å². The second kappa shape index (κ2) is 4.07. The zero-order valence-electron chi connectivity index (χ0n) is 5.12. The van der Waals surface area contributed by atoms with E-state index < -0.39 is 0 Å². The normalized spacial score (nSPS) is 6.25. The molecule has 44 valence electrons. The molecule has 0 aromatic rings. The summed E-state index contributed by atoms with van der Waals surface area (Å²) in [6, 6.07) is 0. The van der Waals surface area contributed by atoms with Crippen LogP contribution >= 0.6 is 0 Å². The van der Waals surface area contributed by atoms with Crippen LogP contribution in [0, 0.1) is 12.0 Å². The molecular weight excluding hydrogens is 102 g/mol. The Bertz CT molecular complexity index is 129. The molecule has 2 heteroatoms. The van der Waals surface area contributed by atoms with Crippen LogP contribution in [0.15, 0.2) is 12.3 Å². The molecule has 0 aromatic carbocycles. The molecule has 0 rings (SSSR count). The van der Waals surface area contributed by atoms with Gasteiger partial charge in [0.15, 0.2) is 0 Å². The maximum absolute atomic E-state index is 4.53. The van der Waals surface area contributed by atoms with Crippen molar-refractivity contribution < 1.29 is 4.84 Å². The number of hydroxylamine groups is 1. The van der Waals surface area contributed by atoms with E-state index in [2.05, 4.69) is 28.9 Å². The third kappa shape index (κ3) is 4.90. The quantitative estimate of drug-likeness (QED) is 0.424. The lowest BCUT2D eigenvalue weighted by Gasteiger charge is -1.96. The molecule has 0 bridgehead atoms. The average molecular weight is 111 g/mol. The van der Waals surface area contributed by atoms with Crippen molar-refractivity contribution in [2.45, 2.75) is 13.8 Å². The first-order valence-corrected chi connectivity index (χ1v) is 2.26. The molecule has 0 atom stereocenters. The van der Waals surface area contributed by atoms with E-state index in [1.807, 2.05) is 0 Å². The summed E-state index contributed by atoms with van der Waals surface area (Å²) >= 11 is 0. The molecular formula is C6H9NO. The molecule has 8 heavy (non-hydrogen) atoms. The molecule has 0 aliphatic heterocycles. The minimum absolute atomic E-state index is 0.743. The van der Waals surface area contributed by atoms with E-state index in [1.165, 1.54) is 0 Å². The van der Waals surface area contributed by atoms with Gasteiger partial charge in [-0.3, -0.25) is 0 Å². The van der Waals surface area contributed by atoms with E-state index in [1.54, 1.807) is 13.8 Å². The molecule has 0 fully saturated rings. The van der Waals surface area contributed by atoms with Crippen LogP contribution < -0.4 is 5.48 Å². The average Bonchev–Trinajstić information content (AvgIpc) is 1.66. The summed E-state index contributed by atoms with van der Waals surface area (Å²) in [4.78, 5) is 4.53. The fourth-order valence-corrected chi connectivity index (χ4v) is 0.164. The largest absolute Gasteiger partial charge is 0.329 e. The van der Waals surface area contributed by atoms with Crippen LogP contribution in [0.5, 0.6) is 0 Å². The van der Waals surface area contributed by atoms with Crippen molar-refractivity contribution >= 4 is 0 Å². The Morgan fingerprint density at radius 1 is 1.75 bits per heavy atom. The number of allylic oxidation sites excluding steroid dienone is 1. The van der Waals surface area contributed by atoms with Crippen LogP contribution in [0.25, 0.3) is 0 Å². The Kier molecular flexibility index (Phi) is 3.51. The van der Waals surface area contributed by atoms with Crippen LogP contribution in [0.3, 0.4) is 0 Å². The maximum Gasteiger partial charge on any atom is 0.145 e. The van der Waals surface area contributed by atoms with E-state index in [-0.39, 0.29) is 0 Å². The monoisotopic (exact) mass is 111 g/mol. The van der Waals surface area contributed by atoms with Crippen molar-refractivity contribution in [3.8, 4) is 12.0 Å². The standard InChI is InChI=1S/C6H9NO/c1-4-5-8-7-6(2)3/h7H,2H2,1,3H3. The fraction of sp³-hybridized carbons (Fsp3) is 0.333. The highest BCUT2D eigenvalue weighted by Crippen LogP contribution is 1.74. The Morgan fingerprint density at radius 2 is 2.38 bits per heavy atom. The van der Waals surface area contributed by atoms with E-state index in [4.69, 9.17) is 0 Å². The van der Waals surface area contributed by atoms with Gasteiger partial charge >= 0.3 is 0 Å². The first-order chi connectivity index (χ1) is 3.77. The number of nitrogens with one attached hydrogen (secondary N) is 1. The highest BCUT2D eigenvalue weighted by molar-refractivity contribution is 4.87. The second-order valence-corrected chi connectivity index (χ2v) is 1.34. The van der Waals surface area contributed by atoms with Crippen molar-refractivity contribution in [1.29, 1.82) is 0 Å². The van der Waals surface area contributed by atoms with Gasteiger partial charge in [-0.15, -0.1) is 0 Å². The molecule has 0 radical (unpaired) electrons. The first kappa shape index (κ1) is 6.90. The number of hydrogen-bond donors (Lipinski definition) is 1. The Balaban J connectivity index is 3.14. The van der Waals surface area contributed by atoms with Crippen molar-refractivity contribution in [3.05, 3.63) is 12.3 Å². The summed E-state index contributed by atoms with van der Waals surface area (Å²) in [5.41, 5.74) is 3.22. The van der Waals surface area contributed by atoms with Gasteiger partial charge in [0.1, 0.15) is 6.11 Å². The van der Waals surface area contributed by atoms with Crippen molar-refractivity contribution in [2.24, 2.45) is 0 Å².